The molecular formula is C30H23BrClNO4S. The number of fused-ring (bicyclic) bond motifs is 1. The molecule has 1 aliphatic rings. The number of nitrogens with zero attached hydrogens (tertiary/aromatic N) is 1. The molecule has 0 aliphatic carbocycles. The Hall–Kier alpha value is -3.26. The Labute approximate surface area is 238 Å². The van der Waals surface area contributed by atoms with Crippen LogP contribution in [0.15, 0.2) is 88.2 Å². The van der Waals surface area contributed by atoms with Crippen LogP contribution in [0.3, 0.4) is 0 Å². The minimum absolute atomic E-state index is 0.189. The van der Waals surface area contributed by atoms with Crippen LogP contribution in [0.2, 0.25) is 5.02 Å². The second-order valence-corrected chi connectivity index (χ2v) is 10.9. The number of hydrogen-bond acceptors (Lipinski definition) is 5. The molecule has 8 heteroatoms. The van der Waals surface area contributed by atoms with Crippen molar-refractivity contribution in [1.29, 1.82) is 0 Å². The van der Waals surface area contributed by atoms with Crippen molar-refractivity contribution in [2.24, 2.45) is 0 Å². The maximum absolute atomic E-state index is 13.0. The molecule has 1 heterocycles. The molecule has 0 atom stereocenters. The van der Waals surface area contributed by atoms with Gasteiger partial charge in [0.1, 0.15) is 6.61 Å². The van der Waals surface area contributed by atoms with E-state index in [0.29, 0.717) is 39.1 Å². The molecule has 4 aromatic rings. The van der Waals surface area contributed by atoms with Crippen molar-refractivity contribution in [3.63, 3.8) is 0 Å². The van der Waals surface area contributed by atoms with E-state index >= 15 is 0 Å². The zero-order valence-corrected chi connectivity index (χ0v) is 23.6. The first kappa shape index (κ1) is 26.4. The lowest BCUT2D eigenvalue weighted by Crippen LogP contribution is -2.27. The molecule has 1 saturated heterocycles. The van der Waals surface area contributed by atoms with Gasteiger partial charge in [0, 0.05) is 5.02 Å². The summed E-state index contributed by atoms with van der Waals surface area (Å²) >= 11 is 10.5. The van der Waals surface area contributed by atoms with E-state index in [2.05, 4.69) is 34.1 Å². The summed E-state index contributed by atoms with van der Waals surface area (Å²) in [7, 11) is 0. The predicted molar refractivity (Wildman–Crippen MR) is 157 cm³/mol. The lowest BCUT2D eigenvalue weighted by atomic mass is 10.1. The maximum atomic E-state index is 13.0. The van der Waals surface area contributed by atoms with Gasteiger partial charge < -0.3 is 9.47 Å². The van der Waals surface area contributed by atoms with Gasteiger partial charge in [-0.25, -0.2) is 0 Å². The first-order valence-electron chi connectivity index (χ1n) is 12.0. The highest BCUT2D eigenvalue weighted by molar-refractivity contribution is 9.10. The molecule has 0 bridgehead atoms. The van der Waals surface area contributed by atoms with Gasteiger partial charge in [-0.2, -0.15) is 0 Å². The highest BCUT2D eigenvalue weighted by Gasteiger charge is 2.35. The van der Waals surface area contributed by atoms with Crippen LogP contribution in [0.25, 0.3) is 16.8 Å². The van der Waals surface area contributed by atoms with Gasteiger partial charge in [0.2, 0.25) is 0 Å². The molecular weight excluding hydrogens is 586 g/mol. The third-order valence-corrected chi connectivity index (χ3v) is 7.76. The van der Waals surface area contributed by atoms with Crippen molar-refractivity contribution in [3.05, 3.63) is 110 Å². The number of carbonyl (C=O) groups is 2. The number of rotatable bonds is 8. The summed E-state index contributed by atoms with van der Waals surface area (Å²) in [6.45, 7) is 2.90. The molecule has 38 heavy (non-hydrogen) atoms. The van der Waals surface area contributed by atoms with Crippen LogP contribution in [0, 0.1) is 0 Å². The van der Waals surface area contributed by atoms with Gasteiger partial charge in [0.25, 0.3) is 11.1 Å². The summed E-state index contributed by atoms with van der Waals surface area (Å²) in [5.74, 6) is 0.793. The van der Waals surface area contributed by atoms with Crippen molar-refractivity contribution in [2.45, 2.75) is 20.1 Å². The third kappa shape index (κ3) is 5.75. The van der Waals surface area contributed by atoms with Crippen LogP contribution in [-0.2, 0) is 17.9 Å². The number of carbonyl (C=O) groups excluding carboxylic acids is 2. The Morgan fingerprint density at radius 2 is 1.74 bits per heavy atom. The molecule has 1 aliphatic heterocycles. The van der Waals surface area contributed by atoms with Crippen molar-refractivity contribution in [1.82, 2.24) is 4.90 Å². The second kappa shape index (κ2) is 11.6. The fraction of sp³-hybridized carbons (Fsp3) is 0.133. The summed E-state index contributed by atoms with van der Waals surface area (Å²) in [4.78, 5) is 27.2. The second-order valence-electron chi connectivity index (χ2n) is 8.58. The molecule has 0 unspecified atom stereocenters. The fourth-order valence-electron chi connectivity index (χ4n) is 4.20. The first-order valence-corrected chi connectivity index (χ1v) is 14.0. The number of halogens is 2. The molecule has 0 aromatic heterocycles. The molecule has 0 N–H and O–H groups in total. The molecule has 0 saturated carbocycles. The molecule has 1 fully saturated rings. The largest absolute Gasteiger partial charge is 0.490 e. The Morgan fingerprint density at radius 3 is 2.53 bits per heavy atom. The van der Waals surface area contributed by atoms with Crippen molar-refractivity contribution < 1.29 is 19.1 Å². The number of hydrogen-bond donors (Lipinski definition) is 0. The van der Waals surface area contributed by atoms with Crippen molar-refractivity contribution in [3.8, 4) is 11.5 Å². The number of imide groups is 1. The van der Waals surface area contributed by atoms with E-state index in [9.17, 15) is 9.59 Å². The topological polar surface area (TPSA) is 55.8 Å². The van der Waals surface area contributed by atoms with Gasteiger partial charge in [-0.1, -0.05) is 66.2 Å². The molecule has 4 aromatic carbocycles. The van der Waals surface area contributed by atoms with Crippen LogP contribution < -0.4 is 9.47 Å². The first-order chi connectivity index (χ1) is 18.4. The van der Waals surface area contributed by atoms with Crippen LogP contribution in [0.4, 0.5) is 4.79 Å². The zero-order chi connectivity index (χ0) is 26.6. The minimum Gasteiger partial charge on any atom is -0.490 e. The van der Waals surface area contributed by atoms with Crippen LogP contribution >= 0.6 is 39.3 Å². The smallest absolute Gasteiger partial charge is 0.293 e. The van der Waals surface area contributed by atoms with Gasteiger partial charge in [0.05, 0.1) is 22.5 Å². The van der Waals surface area contributed by atoms with Crippen molar-refractivity contribution in [2.75, 3.05) is 6.61 Å². The highest BCUT2D eigenvalue weighted by Crippen LogP contribution is 2.40. The average Bonchev–Trinajstić information content (AvgIpc) is 3.17. The maximum Gasteiger partial charge on any atom is 0.293 e. The third-order valence-electron chi connectivity index (χ3n) is 6.01. The Kier molecular flexibility index (Phi) is 8.07. The van der Waals surface area contributed by atoms with E-state index in [1.54, 1.807) is 30.3 Å². The fourth-order valence-corrected chi connectivity index (χ4v) is 5.74. The summed E-state index contributed by atoms with van der Waals surface area (Å²) < 4.78 is 12.8. The Bertz CT molecular complexity index is 1550. The highest BCUT2D eigenvalue weighted by atomic mass is 79.9. The number of amides is 2. The summed E-state index contributed by atoms with van der Waals surface area (Å²) in [5.41, 5.74) is 2.61. The summed E-state index contributed by atoms with van der Waals surface area (Å²) in [5, 5.41) is 2.58. The number of benzene rings is 4. The van der Waals surface area contributed by atoms with Gasteiger partial charge in [-0.15, -0.1) is 0 Å². The van der Waals surface area contributed by atoms with E-state index in [4.69, 9.17) is 21.1 Å². The molecule has 0 radical (unpaired) electrons. The van der Waals surface area contributed by atoms with E-state index in [-0.39, 0.29) is 17.7 Å². The SMILES string of the molecule is CCOc1cc(/C=C2\SC(=O)N(Cc3ccc(Cl)cc3)C2=O)cc(Br)c1OCc1cccc2ccccc12. The molecule has 2 amide bonds. The lowest BCUT2D eigenvalue weighted by molar-refractivity contribution is -0.123. The number of ether oxygens (including phenoxy) is 2. The van der Waals surface area contributed by atoms with Crippen LogP contribution in [0.1, 0.15) is 23.6 Å². The van der Waals surface area contributed by atoms with Gasteiger partial charge in [0.15, 0.2) is 11.5 Å². The van der Waals surface area contributed by atoms with E-state index in [1.807, 2.05) is 43.3 Å². The summed E-state index contributed by atoms with van der Waals surface area (Å²) in [6.07, 6.45) is 1.70. The average molecular weight is 609 g/mol. The normalized spacial score (nSPS) is 14.5. The van der Waals surface area contributed by atoms with E-state index in [1.165, 1.54) is 4.90 Å². The van der Waals surface area contributed by atoms with Gasteiger partial charge in [-0.05, 0) is 92.4 Å². The summed E-state index contributed by atoms with van der Waals surface area (Å²) in [6, 6.07) is 25.1. The number of thioether (sulfide) groups is 1. The quantitative estimate of drug-likeness (QED) is 0.188. The van der Waals surface area contributed by atoms with Crippen molar-refractivity contribution >= 4 is 67.3 Å². The Morgan fingerprint density at radius 1 is 0.974 bits per heavy atom. The van der Waals surface area contributed by atoms with E-state index < -0.39 is 0 Å². The standard InChI is InChI=1S/C30H23BrClNO4S/c1-2-36-26-15-20(16-27-29(34)33(30(35)38-27)17-19-10-12-23(32)13-11-19)14-25(31)28(26)37-18-22-8-5-7-21-6-3-4-9-24(21)22/h3-16H,2,17-18H2,1H3/b27-16-. The Balaban J connectivity index is 1.38. The predicted octanol–water partition coefficient (Wildman–Crippen LogP) is 8.47. The van der Waals surface area contributed by atoms with Crippen LogP contribution in [0.5, 0.6) is 11.5 Å². The minimum atomic E-state index is -0.333. The van der Waals surface area contributed by atoms with Crippen LogP contribution in [-0.4, -0.2) is 22.7 Å². The van der Waals surface area contributed by atoms with Gasteiger partial charge >= 0.3 is 0 Å². The molecule has 0 spiro atoms. The zero-order valence-electron chi connectivity index (χ0n) is 20.4. The van der Waals surface area contributed by atoms with Gasteiger partial charge in [-0.3, -0.25) is 14.5 Å². The lowest BCUT2D eigenvalue weighted by Gasteiger charge is -2.16. The molecule has 5 rings (SSSR count). The molecule has 5 nitrogen and oxygen atoms in total. The monoisotopic (exact) mass is 607 g/mol. The molecule has 192 valence electrons. The van der Waals surface area contributed by atoms with E-state index in [0.717, 1.165) is 39.2 Å².